The number of benzene rings is 1. The standard InChI is InChI=1S/C20H18N6O2/c27-19(17-23-20(28-24-17)14-5-2-1-3-6-14)22-15-8-11-26(13-15)18-16-7-4-10-25(16)12-9-21-18/h1-7,9-10,12,15H,8,11,13H2,(H,22,27). The molecular weight excluding hydrogens is 356 g/mol. The molecule has 140 valence electrons. The maximum Gasteiger partial charge on any atom is 0.292 e. The fourth-order valence-electron chi connectivity index (χ4n) is 3.53. The zero-order valence-electron chi connectivity index (χ0n) is 15.0. The molecule has 0 radical (unpaired) electrons. The Morgan fingerprint density at radius 2 is 2.04 bits per heavy atom. The van der Waals surface area contributed by atoms with E-state index in [9.17, 15) is 4.79 Å². The average Bonchev–Trinajstić information content (AvgIpc) is 3.48. The third kappa shape index (κ3) is 2.98. The molecule has 4 heterocycles. The minimum absolute atomic E-state index is 0.00296. The quantitative estimate of drug-likeness (QED) is 0.590. The highest BCUT2D eigenvalue weighted by Crippen LogP contribution is 2.23. The maximum absolute atomic E-state index is 12.5. The van der Waals surface area contributed by atoms with Gasteiger partial charge in [-0.15, -0.1) is 0 Å². The molecule has 0 saturated carbocycles. The van der Waals surface area contributed by atoms with Crippen LogP contribution in [0.3, 0.4) is 0 Å². The van der Waals surface area contributed by atoms with E-state index in [4.69, 9.17) is 4.52 Å². The van der Waals surface area contributed by atoms with Gasteiger partial charge >= 0.3 is 0 Å². The van der Waals surface area contributed by atoms with Crippen LogP contribution < -0.4 is 10.2 Å². The lowest BCUT2D eigenvalue weighted by atomic mass is 10.2. The van der Waals surface area contributed by atoms with Crippen LogP contribution in [-0.2, 0) is 0 Å². The minimum atomic E-state index is -0.327. The SMILES string of the molecule is O=C(NC1CCN(c2nccn3cccc23)C1)c1noc(-c2ccccc2)n1. The van der Waals surface area contributed by atoms with Gasteiger partial charge in [-0.25, -0.2) is 4.98 Å². The van der Waals surface area contributed by atoms with Crippen molar-refractivity contribution in [2.45, 2.75) is 12.5 Å². The number of aromatic nitrogens is 4. The van der Waals surface area contributed by atoms with Crippen LogP contribution in [0.2, 0.25) is 0 Å². The highest BCUT2D eigenvalue weighted by atomic mass is 16.5. The first-order valence-electron chi connectivity index (χ1n) is 9.14. The number of anilines is 1. The van der Waals surface area contributed by atoms with Crippen molar-refractivity contribution in [1.82, 2.24) is 24.8 Å². The Labute approximate surface area is 160 Å². The molecule has 3 aromatic heterocycles. The van der Waals surface area contributed by atoms with Crippen molar-refractivity contribution in [3.05, 3.63) is 66.9 Å². The molecule has 8 heteroatoms. The second-order valence-corrected chi connectivity index (χ2v) is 6.75. The summed E-state index contributed by atoms with van der Waals surface area (Å²) >= 11 is 0. The second kappa shape index (κ2) is 6.80. The number of hydrogen-bond acceptors (Lipinski definition) is 6. The number of hydrogen-bond donors (Lipinski definition) is 1. The van der Waals surface area contributed by atoms with Crippen LogP contribution >= 0.6 is 0 Å². The number of nitrogens with zero attached hydrogens (tertiary/aromatic N) is 5. The van der Waals surface area contributed by atoms with Crippen LogP contribution in [0, 0.1) is 0 Å². The van der Waals surface area contributed by atoms with Gasteiger partial charge < -0.3 is 19.1 Å². The Kier molecular flexibility index (Phi) is 4.01. The molecule has 1 saturated heterocycles. The first-order chi connectivity index (χ1) is 13.8. The molecule has 0 aliphatic carbocycles. The normalized spacial score (nSPS) is 16.6. The van der Waals surface area contributed by atoms with Crippen LogP contribution in [0.1, 0.15) is 17.0 Å². The molecule has 1 aliphatic heterocycles. The van der Waals surface area contributed by atoms with Gasteiger partial charge in [-0.05, 0) is 30.7 Å². The highest BCUT2D eigenvalue weighted by molar-refractivity contribution is 5.91. The predicted molar refractivity (Wildman–Crippen MR) is 103 cm³/mol. The number of rotatable bonds is 4. The average molecular weight is 374 g/mol. The summed E-state index contributed by atoms with van der Waals surface area (Å²) in [5.41, 5.74) is 1.84. The Morgan fingerprint density at radius 3 is 2.93 bits per heavy atom. The fraction of sp³-hybridized carbons (Fsp3) is 0.200. The van der Waals surface area contributed by atoms with Crippen molar-refractivity contribution >= 4 is 17.2 Å². The zero-order valence-corrected chi connectivity index (χ0v) is 15.0. The smallest absolute Gasteiger partial charge is 0.292 e. The third-order valence-electron chi connectivity index (χ3n) is 4.90. The number of fused-ring (bicyclic) bond motifs is 1. The summed E-state index contributed by atoms with van der Waals surface area (Å²) in [6.45, 7) is 1.51. The van der Waals surface area contributed by atoms with Crippen molar-refractivity contribution < 1.29 is 9.32 Å². The molecule has 8 nitrogen and oxygen atoms in total. The van der Waals surface area contributed by atoms with Crippen molar-refractivity contribution in [1.29, 1.82) is 0 Å². The molecular formula is C20H18N6O2. The summed E-state index contributed by atoms with van der Waals surface area (Å²) in [5.74, 6) is 0.980. The van der Waals surface area contributed by atoms with E-state index in [1.54, 1.807) is 6.20 Å². The van der Waals surface area contributed by atoms with Crippen molar-refractivity contribution in [2.24, 2.45) is 0 Å². The first-order valence-corrected chi connectivity index (χ1v) is 9.14. The highest BCUT2D eigenvalue weighted by Gasteiger charge is 2.27. The topological polar surface area (TPSA) is 88.6 Å². The molecule has 1 amide bonds. The molecule has 1 atom stereocenters. The lowest BCUT2D eigenvalue weighted by molar-refractivity contribution is 0.0927. The summed E-state index contributed by atoms with van der Waals surface area (Å²) in [6, 6.07) is 13.4. The van der Waals surface area contributed by atoms with Crippen molar-refractivity contribution in [2.75, 3.05) is 18.0 Å². The summed E-state index contributed by atoms with van der Waals surface area (Å²) in [7, 11) is 0. The number of amides is 1. The summed E-state index contributed by atoms with van der Waals surface area (Å²) in [5, 5.41) is 6.82. The minimum Gasteiger partial charge on any atom is -0.353 e. The Hall–Kier alpha value is -3.68. The summed E-state index contributed by atoms with van der Waals surface area (Å²) in [6.07, 6.45) is 6.54. The predicted octanol–water partition coefficient (Wildman–Crippen LogP) is 2.39. The Balaban J connectivity index is 1.27. The van der Waals surface area contributed by atoms with E-state index in [0.717, 1.165) is 29.9 Å². The van der Waals surface area contributed by atoms with Crippen LogP contribution in [0.5, 0.6) is 0 Å². The molecule has 1 aliphatic rings. The van der Waals surface area contributed by atoms with Gasteiger partial charge in [0.25, 0.3) is 17.6 Å². The van der Waals surface area contributed by atoms with Crippen LogP contribution in [0.4, 0.5) is 5.82 Å². The molecule has 1 aromatic carbocycles. The van der Waals surface area contributed by atoms with E-state index in [1.165, 1.54) is 0 Å². The first kappa shape index (κ1) is 16.5. The maximum atomic E-state index is 12.5. The number of carbonyl (C=O) groups excluding carboxylic acids is 1. The van der Waals surface area contributed by atoms with E-state index in [-0.39, 0.29) is 17.8 Å². The molecule has 0 bridgehead atoms. The van der Waals surface area contributed by atoms with E-state index in [0.29, 0.717) is 12.4 Å². The molecule has 1 N–H and O–H groups in total. The van der Waals surface area contributed by atoms with Crippen LogP contribution in [-0.4, -0.2) is 44.6 Å². The molecule has 1 unspecified atom stereocenters. The molecule has 5 rings (SSSR count). The monoisotopic (exact) mass is 374 g/mol. The van der Waals surface area contributed by atoms with Gasteiger partial charge in [0.1, 0.15) is 0 Å². The fourth-order valence-corrected chi connectivity index (χ4v) is 3.53. The van der Waals surface area contributed by atoms with Gasteiger partial charge in [-0.2, -0.15) is 4.98 Å². The lowest BCUT2D eigenvalue weighted by Crippen LogP contribution is -2.37. The van der Waals surface area contributed by atoms with Gasteiger partial charge in [0, 0.05) is 43.3 Å². The lowest BCUT2D eigenvalue weighted by Gasteiger charge is -2.18. The Morgan fingerprint density at radius 1 is 1.14 bits per heavy atom. The Bertz CT molecular complexity index is 1120. The largest absolute Gasteiger partial charge is 0.353 e. The molecule has 4 aromatic rings. The van der Waals surface area contributed by atoms with Gasteiger partial charge in [-0.1, -0.05) is 23.4 Å². The van der Waals surface area contributed by atoms with E-state index in [1.807, 2.05) is 59.3 Å². The van der Waals surface area contributed by atoms with Crippen molar-refractivity contribution in [3.63, 3.8) is 0 Å². The second-order valence-electron chi connectivity index (χ2n) is 6.75. The molecule has 28 heavy (non-hydrogen) atoms. The van der Waals surface area contributed by atoms with Crippen molar-refractivity contribution in [3.8, 4) is 11.5 Å². The van der Waals surface area contributed by atoms with E-state index in [2.05, 4.69) is 25.3 Å². The summed E-state index contributed by atoms with van der Waals surface area (Å²) < 4.78 is 7.26. The van der Waals surface area contributed by atoms with Gasteiger partial charge in [0.05, 0.1) is 5.52 Å². The van der Waals surface area contributed by atoms with Gasteiger partial charge in [0.15, 0.2) is 5.82 Å². The summed E-state index contributed by atoms with van der Waals surface area (Å²) in [4.78, 5) is 23.4. The zero-order chi connectivity index (χ0) is 18.9. The van der Waals surface area contributed by atoms with Crippen LogP contribution in [0.15, 0.2) is 65.6 Å². The van der Waals surface area contributed by atoms with Gasteiger partial charge in [-0.3, -0.25) is 4.79 Å². The number of nitrogens with one attached hydrogen (secondary N) is 1. The van der Waals surface area contributed by atoms with E-state index < -0.39 is 0 Å². The molecule has 1 fully saturated rings. The van der Waals surface area contributed by atoms with Crippen LogP contribution in [0.25, 0.3) is 17.0 Å². The number of carbonyl (C=O) groups is 1. The van der Waals surface area contributed by atoms with E-state index >= 15 is 0 Å². The third-order valence-corrected chi connectivity index (χ3v) is 4.90. The molecule has 0 spiro atoms. The van der Waals surface area contributed by atoms with Gasteiger partial charge in [0.2, 0.25) is 0 Å².